The number of rotatable bonds is 4. The molecule has 4 rings (SSSR count). The molecule has 0 saturated heterocycles. The van der Waals surface area contributed by atoms with Crippen molar-refractivity contribution in [2.24, 2.45) is 0 Å². The molecule has 1 amide bonds. The van der Waals surface area contributed by atoms with E-state index in [0.717, 1.165) is 5.56 Å². The van der Waals surface area contributed by atoms with Crippen LogP contribution in [0.1, 0.15) is 15.9 Å². The van der Waals surface area contributed by atoms with Crippen molar-refractivity contribution in [1.29, 1.82) is 0 Å². The van der Waals surface area contributed by atoms with Gasteiger partial charge in [0.15, 0.2) is 0 Å². The Kier molecular flexibility index (Phi) is 3.98. The standard InChI is InChI=1S/C18H13N5O3/c24-16(22-13-2-1-5-20-8-13)14-10-26-17-15(14)18(25)23(11-21-17)9-12-3-6-19-7-4-12/h1-8,10-11H,9H2,(H,22,24). The Balaban J connectivity index is 1.71. The molecule has 0 fully saturated rings. The Hall–Kier alpha value is -3.81. The molecule has 0 atom stereocenters. The highest BCUT2D eigenvalue weighted by Crippen LogP contribution is 2.17. The number of fused-ring (bicyclic) bond motifs is 1. The van der Waals surface area contributed by atoms with Crippen LogP contribution >= 0.6 is 0 Å². The molecule has 0 aliphatic carbocycles. The van der Waals surface area contributed by atoms with Crippen molar-refractivity contribution in [3.63, 3.8) is 0 Å². The molecule has 0 unspecified atom stereocenters. The summed E-state index contributed by atoms with van der Waals surface area (Å²) in [6, 6.07) is 7.02. The number of aromatic nitrogens is 4. The quantitative estimate of drug-likeness (QED) is 0.606. The highest BCUT2D eigenvalue weighted by atomic mass is 16.3. The second kappa shape index (κ2) is 6.60. The average Bonchev–Trinajstić information content (AvgIpc) is 3.11. The number of amides is 1. The topological polar surface area (TPSA) is 103 Å². The van der Waals surface area contributed by atoms with E-state index in [2.05, 4.69) is 20.3 Å². The molecule has 4 heterocycles. The zero-order valence-corrected chi connectivity index (χ0v) is 13.5. The van der Waals surface area contributed by atoms with Crippen molar-refractivity contribution in [2.75, 3.05) is 5.32 Å². The van der Waals surface area contributed by atoms with Crippen molar-refractivity contribution in [3.8, 4) is 0 Å². The van der Waals surface area contributed by atoms with Crippen LogP contribution in [0.15, 0.2) is 70.9 Å². The first-order chi connectivity index (χ1) is 12.7. The number of nitrogens with one attached hydrogen (secondary N) is 1. The van der Waals surface area contributed by atoms with Crippen LogP contribution in [0.5, 0.6) is 0 Å². The number of carbonyl (C=O) groups is 1. The molecule has 0 aliphatic heterocycles. The van der Waals surface area contributed by atoms with E-state index in [1.807, 2.05) is 12.1 Å². The molecule has 0 bridgehead atoms. The number of carbonyl (C=O) groups excluding carboxylic acids is 1. The fraction of sp³-hybridized carbons (Fsp3) is 0.0556. The van der Waals surface area contributed by atoms with E-state index in [9.17, 15) is 9.59 Å². The third kappa shape index (κ3) is 2.95. The van der Waals surface area contributed by atoms with Crippen molar-refractivity contribution in [3.05, 3.63) is 83.1 Å². The molecular formula is C18H13N5O3. The minimum absolute atomic E-state index is 0.123. The first kappa shape index (κ1) is 15.7. The monoisotopic (exact) mass is 347 g/mol. The normalized spacial score (nSPS) is 10.8. The van der Waals surface area contributed by atoms with Crippen molar-refractivity contribution in [1.82, 2.24) is 19.5 Å². The maximum Gasteiger partial charge on any atom is 0.265 e. The molecular weight excluding hydrogens is 334 g/mol. The van der Waals surface area contributed by atoms with Crippen molar-refractivity contribution < 1.29 is 9.21 Å². The molecule has 0 radical (unpaired) electrons. The number of hydrogen-bond acceptors (Lipinski definition) is 6. The Bertz CT molecular complexity index is 1120. The lowest BCUT2D eigenvalue weighted by atomic mass is 10.2. The first-order valence-electron chi connectivity index (χ1n) is 7.79. The third-order valence-electron chi connectivity index (χ3n) is 3.83. The fourth-order valence-electron chi connectivity index (χ4n) is 2.57. The molecule has 26 heavy (non-hydrogen) atoms. The molecule has 128 valence electrons. The Morgan fingerprint density at radius 3 is 2.77 bits per heavy atom. The van der Waals surface area contributed by atoms with Crippen LogP contribution in [0.3, 0.4) is 0 Å². The maximum absolute atomic E-state index is 12.8. The number of hydrogen-bond donors (Lipinski definition) is 1. The predicted molar refractivity (Wildman–Crippen MR) is 93.8 cm³/mol. The summed E-state index contributed by atoms with van der Waals surface area (Å²) >= 11 is 0. The summed E-state index contributed by atoms with van der Waals surface area (Å²) in [7, 11) is 0. The van der Waals surface area contributed by atoms with Gasteiger partial charge >= 0.3 is 0 Å². The number of pyridine rings is 2. The smallest absolute Gasteiger partial charge is 0.265 e. The van der Waals surface area contributed by atoms with Crippen LogP contribution in [0, 0.1) is 0 Å². The molecule has 0 spiro atoms. The van der Waals surface area contributed by atoms with Gasteiger partial charge in [0.05, 0.1) is 24.0 Å². The van der Waals surface area contributed by atoms with E-state index in [-0.39, 0.29) is 22.2 Å². The lowest BCUT2D eigenvalue weighted by Gasteiger charge is -2.06. The average molecular weight is 347 g/mol. The Morgan fingerprint density at radius 1 is 1.15 bits per heavy atom. The van der Waals surface area contributed by atoms with E-state index in [1.165, 1.54) is 23.4 Å². The lowest BCUT2D eigenvalue weighted by Crippen LogP contribution is -2.23. The van der Waals surface area contributed by atoms with Gasteiger partial charge in [-0.05, 0) is 29.8 Å². The van der Waals surface area contributed by atoms with Gasteiger partial charge < -0.3 is 9.73 Å². The minimum Gasteiger partial charge on any atom is -0.445 e. The number of anilines is 1. The second-order valence-electron chi connectivity index (χ2n) is 5.56. The van der Waals surface area contributed by atoms with Gasteiger partial charge in [0.25, 0.3) is 11.5 Å². The van der Waals surface area contributed by atoms with Gasteiger partial charge in [-0.15, -0.1) is 0 Å². The minimum atomic E-state index is -0.461. The zero-order valence-electron chi connectivity index (χ0n) is 13.5. The van der Waals surface area contributed by atoms with E-state index >= 15 is 0 Å². The summed E-state index contributed by atoms with van der Waals surface area (Å²) < 4.78 is 6.71. The molecule has 4 aromatic rings. The summed E-state index contributed by atoms with van der Waals surface area (Å²) in [5.41, 5.74) is 1.32. The van der Waals surface area contributed by atoms with Crippen LogP contribution in [-0.4, -0.2) is 25.4 Å². The van der Waals surface area contributed by atoms with Crippen LogP contribution in [-0.2, 0) is 6.54 Å². The molecule has 0 aromatic carbocycles. The van der Waals surface area contributed by atoms with Crippen LogP contribution < -0.4 is 10.9 Å². The van der Waals surface area contributed by atoms with E-state index < -0.39 is 5.91 Å². The van der Waals surface area contributed by atoms with Gasteiger partial charge in [-0.2, -0.15) is 0 Å². The molecule has 8 nitrogen and oxygen atoms in total. The van der Waals surface area contributed by atoms with Crippen LogP contribution in [0.25, 0.3) is 11.1 Å². The summed E-state index contributed by atoms with van der Waals surface area (Å²) in [5.74, 6) is -0.461. The zero-order chi connectivity index (χ0) is 17.9. The van der Waals surface area contributed by atoms with E-state index in [0.29, 0.717) is 12.2 Å². The molecule has 8 heteroatoms. The van der Waals surface area contributed by atoms with Gasteiger partial charge in [-0.1, -0.05) is 0 Å². The SMILES string of the molecule is O=C(Nc1cccnc1)c1coc2ncn(Cc3ccncc3)c(=O)c12. The largest absolute Gasteiger partial charge is 0.445 e. The fourth-order valence-corrected chi connectivity index (χ4v) is 2.57. The highest BCUT2D eigenvalue weighted by Gasteiger charge is 2.19. The van der Waals surface area contributed by atoms with Crippen LogP contribution in [0.4, 0.5) is 5.69 Å². The van der Waals surface area contributed by atoms with E-state index in [1.54, 1.807) is 30.7 Å². The summed E-state index contributed by atoms with van der Waals surface area (Å²) in [6.07, 6.45) is 9.05. The van der Waals surface area contributed by atoms with Crippen molar-refractivity contribution in [2.45, 2.75) is 6.54 Å². The lowest BCUT2D eigenvalue weighted by molar-refractivity contribution is 0.102. The number of nitrogens with zero attached hydrogens (tertiary/aromatic N) is 4. The maximum atomic E-state index is 12.8. The Labute approximate surface area is 147 Å². The molecule has 0 aliphatic rings. The summed E-state index contributed by atoms with van der Waals surface area (Å²) in [4.78, 5) is 37.4. The van der Waals surface area contributed by atoms with Gasteiger partial charge in [0.1, 0.15) is 18.0 Å². The predicted octanol–water partition coefficient (Wildman–Crippen LogP) is 2.08. The molecule has 1 N–H and O–H groups in total. The van der Waals surface area contributed by atoms with Gasteiger partial charge in [-0.25, -0.2) is 4.98 Å². The molecule has 0 saturated carbocycles. The van der Waals surface area contributed by atoms with Gasteiger partial charge in [0.2, 0.25) is 5.71 Å². The summed E-state index contributed by atoms with van der Waals surface area (Å²) in [5, 5.41) is 2.83. The van der Waals surface area contributed by atoms with Crippen molar-refractivity contribution >= 4 is 22.7 Å². The second-order valence-corrected chi connectivity index (χ2v) is 5.56. The first-order valence-corrected chi connectivity index (χ1v) is 7.79. The van der Waals surface area contributed by atoms with Gasteiger partial charge in [0, 0.05) is 18.6 Å². The van der Waals surface area contributed by atoms with Crippen LogP contribution in [0.2, 0.25) is 0 Å². The third-order valence-corrected chi connectivity index (χ3v) is 3.83. The van der Waals surface area contributed by atoms with E-state index in [4.69, 9.17) is 4.42 Å². The number of furan rings is 1. The highest BCUT2D eigenvalue weighted by molar-refractivity contribution is 6.11. The molecule has 4 aromatic heterocycles. The Morgan fingerprint density at radius 2 is 2.00 bits per heavy atom. The van der Waals surface area contributed by atoms with Gasteiger partial charge in [-0.3, -0.25) is 24.1 Å². The summed E-state index contributed by atoms with van der Waals surface area (Å²) in [6.45, 7) is 0.319.